The van der Waals surface area contributed by atoms with Gasteiger partial charge in [-0.1, -0.05) is 26.3 Å². The Bertz CT molecular complexity index is 356. The number of carbonyl (C=O) groups is 1. The first-order valence-corrected chi connectivity index (χ1v) is 6.42. The molecular weight excluding hydrogens is 216 g/mol. The average molecular weight is 238 g/mol. The second kappa shape index (κ2) is 4.13. The lowest BCUT2D eigenvalue weighted by Crippen LogP contribution is -2.46. The standard InChI is InChI=1S/C14H22O3/c1-13(2)6-4-7-14(12(16)17-3)8-5-10(15)9-11(13)14/h9-10,15H,4-8H2,1-3H3. The summed E-state index contributed by atoms with van der Waals surface area (Å²) in [5.74, 6) is -0.122. The van der Waals surface area contributed by atoms with Crippen LogP contribution in [0.25, 0.3) is 0 Å². The summed E-state index contributed by atoms with van der Waals surface area (Å²) in [5.41, 5.74) is 0.630. The highest BCUT2D eigenvalue weighted by atomic mass is 16.5. The molecule has 2 aliphatic rings. The molecule has 2 atom stereocenters. The Morgan fingerprint density at radius 2 is 2.12 bits per heavy atom. The van der Waals surface area contributed by atoms with Crippen molar-refractivity contribution in [1.29, 1.82) is 0 Å². The van der Waals surface area contributed by atoms with Crippen molar-refractivity contribution >= 4 is 5.97 Å². The van der Waals surface area contributed by atoms with Crippen molar-refractivity contribution in [3.8, 4) is 0 Å². The maximum atomic E-state index is 12.2. The van der Waals surface area contributed by atoms with Crippen molar-refractivity contribution in [2.24, 2.45) is 10.8 Å². The molecule has 1 saturated carbocycles. The molecule has 1 N–H and O–H groups in total. The van der Waals surface area contributed by atoms with Crippen LogP contribution in [0.3, 0.4) is 0 Å². The number of ether oxygens (including phenoxy) is 1. The van der Waals surface area contributed by atoms with Gasteiger partial charge in [0.2, 0.25) is 0 Å². The summed E-state index contributed by atoms with van der Waals surface area (Å²) in [6.07, 6.45) is 5.87. The van der Waals surface area contributed by atoms with E-state index in [9.17, 15) is 9.90 Å². The van der Waals surface area contributed by atoms with Crippen LogP contribution < -0.4 is 0 Å². The molecule has 0 heterocycles. The van der Waals surface area contributed by atoms with E-state index in [1.165, 1.54) is 7.11 Å². The van der Waals surface area contributed by atoms with Crippen molar-refractivity contribution in [2.45, 2.75) is 52.1 Å². The van der Waals surface area contributed by atoms with Gasteiger partial charge in [0.1, 0.15) is 0 Å². The molecule has 0 aliphatic heterocycles. The maximum absolute atomic E-state index is 12.2. The molecule has 2 unspecified atom stereocenters. The Morgan fingerprint density at radius 3 is 2.76 bits per heavy atom. The van der Waals surface area contributed by atoms with Crippen molar-refractivity contribution in [3.63, 3.8) is 0 Å². The lowest BCUT2D eigenvalue weighted by molar-refractivity contribution is -0.154. The lowest BCUT2D eigenvalue weighted by Gasteiger charge is -2.48. The van der Waals surface area contributed by atoms with Crippen LogP contribution in [0.15, 0.2) is 11.6 Å². The number of hydrogen-bond acceptors (Lipinski definition) is 3. The van der Waals surface area contributed by atoms with E-state index in [-0.39, 0.29) is 11.4 Å². The van der Waals surface area contributed by atoms with Crippen molar-refractivity contribution in [2.75, 3.05) is 7.11 Å². The smallest absolute Gasteiger partial charge is 0.315 e. The highest BCUT2D eigenvalue weighted by molar-refractivity contribution is 5.81. The first-order valence-electron chi connectivity index (χ1n) is 6.42. The molecular formula is C14H22O3. The number of hydrogen-bond donors (Lipinski definition) is 1. The van der Waals surface area contributed by atoms with Gasteiger partial charge in [-0.25, -0.2) is 0 Å². The second-order valence-corrected chi connectivity index (χ2v) is 6.00. The number of fused-ring (bicyclic) bond motifs is 1. The van der Waals surface area contributed by atoms with E-state index in [1.807, 2.05) is 6.08 Å². The Morgan fingerprint density at radius 1 is 1.41 bits per heavy atom. The first-order chi connectivity index (χ1) is 7.92. The zero-order chi connectivity index (χ0) is 12.7. The molecule has 1 fully saturated rings. The van der Waals surface area contributed by atoms with E-state index in [4.69, 9.17) is 4.74 Å². The third kappa shape index (κ3) is 1.90. The SMILES string of the molecule is COC(=O)C12CCCC(C)(C)C1=CC(O)CC2. The van der Waals surface area contributed by atoms with E-state index >= 15 is 0 Å². The van der Waals surface area contributed by atoms with Gasteiger partial charge in [0, 0.05) is 0 Å². The Labute approximate surface area is 103 Å². The van der Waals surface area contributed by atoms with Gasteiger partial charge in [0.05, 0.1) is 18.6 Å². The van der Waals surface area contributed by atoms with Crippen LogP contribution in [0.4, 0.5) is 0 Å². The second-order valence-electron chi connectivity index (χ2n) is 6.00. The topological polar surface area (TPSA) is 46.5 Å². The van der Waals surface area contributed by atoms with E-state index < -0.39 is 11.5 Å². The van der Waals surface area contributed by atoms with Gasteiger partial charge in [0.15, 0.2) is 0 Å². The van der Waals surface area contributed by atoms with Gasteiger partial charge in [-0.3, -0.25) is 4.79 Å². The molecule has 3 nitrogen and oxygen atoms in total. The molecule has 3 heteroatoms. The summed E-state index contributed by atoms with van der Waals surface area (Å²) in [7, 11) is 1.46. The van der Waals surface area contributed by atoms with Crippen LogP contribution >= 0.6 is 0 Å². The van der Waals surface area contributed by atoms with Crippen molar-refractivity contribution < 1.29 is 14.6 Å². The van der Waals surface area contributed by atoms with E-state index in [1.54, 1.807) is 0 Å². The summed E-state index contributed by atoms with van der Waals surface area (Å²) in [6.45, 7) is 4.32. The number of aliphatic hydroxyl groups is 1. The molecule has 0 bridgehead atoms. The normalized spacial score (nSPS) is 35.8. The highest BCUT2D eigenvalue weighted by Crippen LogP contribution is 2.55. The van der Waals surface area contributed by atoms with E-state index in [0.717, 1.165) is 31.3 Å². The predicted octanol–water partition coefficient (Wildman–Crippen LogP) is 2.44. The average Bonchev–Trinajstić information content (AvgIpc) is 2.29. The quantitative estimate of drug-likeness (QED) is 0.564. The zero-order valence-corrected chi connectivity index (χ0v) is 11.0. The number of esters is 1. The molecule has 0 amide bonds. The molecule has 2 aliphatic carbocycles. The Kier molecular flexibility index (Phi) is 3.06. The summed E-state index contributed by atoms with van der Waals surface area (Å²) in [6, 6.07) is 0. The number of methoxy groups -OCH3 is 1. The van der Waals surface area contributed by atoms with Gasteiger partial charge in [-0.2, -0.15) is 0 Å². The van der Waals surface area contributed by atoms with Crippen LogP contribution in [0.2, 0.25) is 0 Å². The van der Waals surface area contributed by atoms with Crippen LogP contribution in [-0.2, 0) is 9.53 Å². The number of aliphatic hydroxyl groups excluding tert-OH is 1. The minimum atomic E-state index is -0.463. The van der Waals surface area contributed by atoms with Gasteiger partial charge < -0.3 is 9.84 Å². The van der Waals surface area contributed by atoms with Gasteiger partial charge >= 0.3 is 5.97 Å². The summed E-state index contributed by atoms with van der Waals surface area (Å²) < 4.78 is 5.02. The third-order valence-corrected chi connectivity index (χ3v) is 4.45. The predicted molar refractivity (Wildman–Crippen MR) is 65.4 cm³/mol. The summed E-state index contributed by atoms with van der Waals surface area (Å²) >= 11 is 0. The fraction of sp³-hybridized carbons (Fsp3) is 0.786. The molecule has 96 valence electrons. The Balaban J connectivity index is 2.47. The minimum Gasteiger partial charge on any atom is -0.468 e. The molecule has 0 radical (unpaired) electrons. The van der Waals surface area contributed by atoms with Crippen LogP contribution in [0.1, 0.15) is 46.0 Å². The fourth-order valence-electron chi connectivity index (χ4n) is 3.57. The molecule has 0 aromatic carbocycles. The van der Waals surface area contributed by atoms with Gasteiger partial charge in [0.25, 0.3) is 0 Å². The Hall–Kier alpha value is -0.830. The fourth-order valence-corrected chi connectivity index (χ4v) is 3.57. The highest BCUT2D eigenvalue weighted by Gasteiger charge is 2.52. The van der Waals surface area contributed by atoms with Crippen LogP contribution in [0, 0.1) is 10.8 Å². The minimum absolute atomic E-state index is 0.00611. The van der Waals surface area contributed by atoms with Crippen molar-refractivity contribution in [1.82, 2.24) is 0 Å². The molecule has 0 spiro atoms. The van der Waals surface area contributed by atoms with Crippen LogP contribution in [0.5, 0.6) is 0 Å². The largest absolute Gasteiger partial charge is 0.468 e. The van der Waals surface area contributed by atoms with E-state index in [0.29, 0.717) is 6.42 Å². The number of carbonyl (C=O) groups excluding carboxylic acids is 1. The van der Waals surface area contributed by atoms with Gasteiger partial charge in [-0.05, 0) is 36.7 Å². The molecule has 17 heavy (non-hydrogen) atoms. The van der Waals surface area contributed by atoms with E-state index in [2.05, 4.69) is 13.8 Å². The van der Waals surface area contributed by atoms with Crippen molar-refractivity contribution in [3.05, 3.63) is 11.6 Å². The third-order valence-electron chi connectivity index (χ3n) is 4.45. The number of rotatable bonds is 1. The first kappa shape index (κ1) is 12.6. The molecule has 2 rings (SSSR count). The summed E-state index contributed by atoms with van der Waals surface area (Å²) in [5, 5.41) is 9.82. The molecule has 0 aromatic rings. The maximum Gasteiger partial charge on any atom is 0.315 e. The van der Waals surface area contributed by atoms with Crippen LogP contribution in [-0.4, -0.2) is 24.3 Å². The van der Waals surface area contributed by atoms with Gasteiger partial charge in [-0.15, -0.1) is 0 Å². The lowest BCUT2D eigenvalue weighted by atomic mass is 9.56. The summed E-state index contributed by atoms with van der Waals surface area (Å²) in [4.78, 5) is 12.2. The zero-order valence-electron chi connectivity index (χ0n) is 11.0. The molecule has 0 aromatic heterocycles. The monoisotopic (exact) mass is 238 g/mol. The molecule has 0 saturated heterocycles.